The molecule has 1 rings (SSSR count). The minimum atomic E-state index is 0.424. The van der Waals surface area contributed by atoms with Gasteiger partial charge in [0.1, 0.15) is 0 Å². The van der Waals surface area contributed by atoms with E-state index in [1.807, 2.05) is 0 Å². The highest BCUT2D eigenvalue weighted by Crippen LogP contribution is 2.07. The molecule has 0 aromatic rings. The molecule has 1 saturated heterocycles. The average Bonchev–Trinajstić information content (AvgIpc) is 2.45. The maximum atomic E-state index is 5.79. The normalized spacial score (nSPS) is 25.0. The number of unbranched alkanes of at least 4 members (excludes halogenated alkanes) is 1. The van der Waals surface area contributed by atoms with Crippen LogP contribution in [0.3, 0.4) is 0 Å². The minimum Gasteiger partial charge on any atom is -0.385 e. The maximum absolute atomic E-state index is 5.79. The first-order valence-electron chi connectivity index (χ1n) is 4.80. The van der Waals surface area contributed by atoms with Crippen molar-refractivity contribution >= 4 is 0 Å². The second kappa shape index (κ2) is 5.51. The molecule has 0 spiro atoms. The molecule has 1 aliphatic rings. The van der Waals surface area contributed by atoms with E-state index in [1.165, 1.54) is 32.4 Å². The van der Waals surface area contributed by atoms with Crippen molar-refractivity contribution in [2.75, 3.05) is 33.4 Å². The van der Waals surface area contributed by atoms with Gasteiger partial charge in [0.05, 0.1) is 0 Å². The quantitative estimate of drug-likeness (QED) is 0.612. The fourth-order valence-corrected chi connectivity index (χ4v) is 1.65. The lowest BCUT2D eigenvalue weighted by Gasteiger charge is -2.14. The van der Waals surface area contributed by atoms with E-state index in [1.54, 1.807) is 7.11 Å². The molecule has 3 nitrogen and oxygen atoms in total. The molecule has 0 bridgehead atoms. The third-order valence-corrected chi connectivity index (χ3v) is 2.38. The highest BCUT2D eigenvalue weighted by Gasteiger charge is 2.17. The molecule has 1 fully saturated rings. The summed E-state index contributed by atoms with van der Waals surface area (Å²) in [5.41, 5.74) is 5.79. The van der Waals surface area contributed by atoms with E-state index in [4.69, 9.17) is 10.5 Å². The summed E-state index contributed by atoms with van der Waals surface area (Å²) >= 11 is 0. The van der Waals surface area contributed by atoms with Gasteiger partial charge in [-0.3, -0.25) is 0 Å². The number of hydrogen-bond acceptors (Lipinski definition) is 3. The summed E-state index contributed by atoms with van der Waals surface area (Å²) < 4.78 is 4.98. The molecule has 0 saturated carbocycles. The van der Waals surface area contributed by atoms with Crippen LogP contribution < -0.4 is 5.73 Å². The van der Waals surface area contributed by atoms with Gasteiger partial charge >= 0.3 is 0 Å². The molecule has 72 valence electrons. The van der Waals surface area contributed by atoms with E-state index < -0.39 is 0 Å². The molecule has 1 atom stereocenters. The minimum absolute atomic E-state index is 0.424. The fraction of sp³-hybridized carbons (Fsp3) is 1.00. The molecule has 0 aliphatic carbocycles. The summed E-state index contributed by atoms with van der Waals surface area (Å²) in [6, 6.07) is 0.424. The van der Waals surface area contributed by atoms with Gasteiger partial charge in [0.2, 0.25) is 0 Å². The van der Waals surface area contributed by atoms with E-state index in [0.717, 1.165) is 13.2 Å². The van der Waals surface area contributed by atoms with Crippen LogP contribution in [0, 0.1) is 0 Å². The third kappa shape index (κ3) is 3.52. The van der Waals surface area contributed by atoms with Crippen LogP contribution in [0.5, 0.6) is 0 Å². The number of ether oxygens (including phenoxy) is 1. The number of rotatable bonds is 5. The van der Waals surface area contributed by atoms with Crippen molar-refractivity contribution in [1.82, 2.24) is 4.90 Å². The van der Waals surface area contributed by atoms with Crippen LogP contribution in [-0.4, -0.2) is 44.3 Å². The Labute approximate surface area is 74.9 Å². The lowest BCUT2D eigenvalue weighted by atomic mass is 10.3. The number of methoxy groups -OCH3 is 1. The molecule has 1 aliphatic heterocycles. The van der Waals surface area contributed by atoms with Crippen LogP contribution in [0.1, 0.15) is 19.3 Å². The second-order valence-electron chi connectivity index (χ2n) is 3.55. The number of hydrogen-bond donors (Lipinski definition) is 1. The lowest BCUT2D eigenvalue weighted by Crippen LogP contribution is -2.27. The van der Waals surface area contributed by atoms with Gasteiger partial charge in [0.25, 0.3) is 0 Å². The standard InChI is InChI=1S/C9H20N2O/c1-12-7-3-2-5-11-6-4-9(10)8-11/h9H,2-8,10H2,1H3/t9-/m1/s1. The number of nitrogens with two attached hydrogens (primary N) is 1. The molecular weight excluding hydrogens is 152 g/mol. The Hall–Kier alpha value is -0.120. The van der Waals surface area contributed by atoms with Crippen molar-refractivity contribution in [2.45, 2.75) is 25.3 Å². The fourth-order valence-electron chi connectivity index (χ4n) is 1.65. The molecule has 3 heteroatoms. The van der Waals surface area contributed by atoms with Crippen molar-refractivity contribution in [1.29, 1.82) is 0 Å². The van der Waals surface area contributed by atoms with Crippen molar-refractivity contribution in [3.63, 3.8) is 0 Å². The maximum Gasteiger partial charge on any atom is 0.0462 e. The molecule has 12 heavy (non-hydrogen) atoms. The van der Waals surface area contributed by atoms with Crippen LogP contribution in [0.2, 0.25) is 0 Å². The zero-order chi connectivity index (χ0) is 8.81. The van der Waals surface area contributed by atoms with Crippen molar-refractivity contribution in [3.05, 3.63) is 0 Å². The topological polar surface area (TPSA) is 38.5 Å². The van der Waals surface area contributed by atoms with Gasteiger partial charge in [-0.1, -0.05) is 0 Å². The number of likely N-dealkylation sites (tertiary alicyclic amines) is 1. The van der Waals surface area contributed by atoms with Crippen LogP contribution >= 0.6 is 0 Å². The number of nitrogens with zero attached hydrogens (tertiary/aromatic N) is 1. The highest BCUT2D eigenvalue weighted by molar-refractivity contribution is 4.77. The zero-order valence-electron chi connectivity index (χ0n) is 7.96. The first-order chi connectivity index (χ1) is 5.83. The second-order valence-corrected chi connectivity index (χ2v) is 3.55. The van der Waals surface area contributed by atoms with E-state index >= 15 is 0 Å². The lowest BCUT2D eigenvalue weighted by molar-refractivity contribution is 0.187. The van der Waals surface area contributed by atoms with Crippen LogP contribution in [0.4, 0.5) is 0 Å². The van der Waals surface area contributed by atoms with Crippen molar-refractivity contribution in [3.8, 4) is 0 Å². The van der Waals surface area contributed by atoms with Crippen LogP contribution in [0.25, 0.3) is 0 Å². The molecular formula is C9H20N2O. The molecule has 1 heterocycles. The van der Waals surface area contributed by atoms with Crippen molar-refractivity contribution in [2.24, 2.45) is 5.73 Å². The summed E-state index contributed by atoms with van der Waals surface area (Å²) in [5, 5.41) is 0. The third-order valence-electron chi connectivity index (χ3n) is 2.38. The molecule has 0 aromatic carbocycles. The van der Waals surface area contributed by atoms with E-state index in [9.17, 15) is 0 Å². The monoisotopic (exact) mass is 172 g/mol. The van der Waals surface area contributed by atoms with E-state index in [-0.39, 0.29) is 0 Å². The Balaban J connectivity index is 1.93. The summed E-state index contributed by atoms with van der Waals surface area (Å²) in [4.78, 5) is 2.44. The first-order valence-corrected chi connectivity index (χ1v) is 4.80. The molecule has 0 radical (unpaired) electrons. The van der Waals surface area contributed by atoms with Gasteiger partial charge < -0.3 is 15.4 Å². The first kappa shape index (κ1) is 9.96. The zero-order valence-corrected chi connectivity index (χ0v) is 7.96. The van der Waals surface area contributed by atoms with Crippen LogP contribution in [0.15, 0.2) is 0 Å². The SMILES string of the molecule is COCCCCN1CC[C@@H](N)C1. The summed E-state index contributed by atoms with van der Waals surface area (Å²) in [7, 11) is 1.76. The van der Waals surface area contributed by atoms with Gasteiger partial charge in [0, 0.05) is 26.3 Å². The predicted octanol–water partition coefficient (Wildman–Crippen LogP) is 0.446. The summed E-state index contributed by atoms with van der Waals surface area (Å²) in [6.45, 7) is 4.36. The Bertz CT molecular complexity index is 119. The van der Waals surface area contributed by atoms with E-state index in [0.29, 0.717) is 6.04 Å². The van der Waals surface area contributed by atoms with Gasteiger partial charge in [0.15, 0.2) is 0 Å². The molecule has 0 aromatic heterocycles. The smallest absolute Gasteiger partial charge is 0.0462 e. The molecule has 0 amide bonds. The summed E-state index contributed by atoms with van der Waals surface area (Å²) in [5.74, 6) is 0. The Morgan fingerprint density at radius 2 is 2.33 bits per heavy atom. The largest absolute Gasteiger partial charge is 0.385 e. The van der Waals surface area contributed by atoms with Gasteiger partial charge in [-0.05, 0) is 32.4 Å². The van der Waals surface area contributed by atoms with Gasteiger partial charge in [-0.15, -0.1) is 0 Å². The molecule has 2 N–H and O–H groups in total. The molecule has 0 unspecified atom stereocenters. The van der Waals surface area contributed by atoms with Crippen LogP contribution in [-0.2, 0) is 4.74 Å². The van der Waals surface area contributed by atoms with Gasteiger partial charge in [-0.25, -0.2) is 0 Å². The van der Waals surface area contributed by atoms with Crippen molar-refractivity contribution < 1.29 is 4.74 Å². The van der Waals surface area contributed by atoms with E-state index in [2.05, 4.69) is 4.90 Å². The predicted molar refractivity (Wildman–Crippen MR) is 50.1 cm³/mol. The summed E-state index contributed by atoms with van der Waals surface area (Å²) in [6.07, 6.45) is 3.58. The average molecular weight is 172 g/mol. The van der Waals surface area contributed by atoms with Gasteiger partial charge in [-0.2, -0.15) is 0 Å². The Kier molecular flexibility index (Phi) is 4.58. The Morgan fingerprint density at radius 1 is 1.50 bits per heavy atom. The Morgan fingerprint density at radius 3 is 2.92 bits per heavy atom. The highest BCUT2D eigenvalue weighted by atomic mass is 16.5.